The van der Waals surface area contributed by atoms with Gasteiger partial charge in [-0.2, -0.15) is 0 Å². The van der Waals surface area contributed by atoms with Gasteiger partial charge in [-0.3, -0.25) is 20.2 Å². The maximum absolute atomic E-state index is 11.7. The minimum absolute atomic E-state index is 0.0101. The van der Waals surface area contributed by atoms with Crippen LogP contribution in [0.3, 0.4) is 0 Å². The van der Waals surface area contributed by atoms with E-state index in [0.717, 1.165) is 0 Å². The van der Waals surface area contributed by atoms with Crippen molar-refractivity contribution >= 4 is 47.0 Å². The van der Waals surface area contributed by atoms with Gasteiger partial charge in [0, 0.05) is 12.4 Å². The number of nitrogens with zero attached hydrogens (tertiary/aromatic N) is 2. The van der Waals surface area contributed by atoms with Gasteiger partial charge in [0.25, 0.3) is 11.8 Å². The minimum Gasteiger partial charge on any atom is -0.450 e. The SMILES string of the molecule is O=C1NC(=S)NC(=O)C1=Cc1ccc(Sc2ncccn2)o1. The third-order valence-corrected chi connectivity index (χ3v) is 3.58. The van der Waals surface area contributed by atoms with E-state index in [0.29, 0.717) is 16.0 Å². The molecule has 1 fully saturated rings. The van der Waals surface area contributed by atoms with Crippen molar-refractivity contribution in [3.63, 3.8) is 0 Å². The quantitative estimate of drug-likeness (QED) is 0.376. The molecular formula is C13H8N4O3S2. The Hall–Kier alpha value is -2.52. The smallest absolute Gasteiger partial charge is 0.263 e. The summed E-state index contributed by atoms with van der Waals surface area (Å²) in [6.45, 7) is 0. The van der Waals surface area contributed by atoms with Crippen molar-refractivity contribution in [3.8, 4) is 0 Å². The van der Waals surface area contributed by atoms with Gasteiger partial charge in [-0.15, -0.1) is 0 Å². The van der Waals surface area contributed by atoms with Gasteiger partial charge in [0.15, 0.2) is 15.4 Å². The highest BCUT2D eigenvalue weighted by Gasteiger charge is 2.26. The van der Waals surface area contributed by atoms with Gasteiger partial charge in [-0.25, -0.2) is 9.97 Å². The molecular weight excluding hydrogens is 324 g/mol. The summed E-state index contributed by atoms with van der Waals surface area (Å²) in [6, 6.07) is 5.06. The highest BCUT2D eigenvalue weighted by atomic mass is 32.2. The molecule has 3 rings (SSSR count). The molecule has 1 aliphatic rings. The van der Waals surface area contributed by atoms with E-state index >= 15 is 0 Å². The summed E-state index contributed by atoms with van der Waals surface area (Å²) in [7, 11) is 0. The number of furan rings is 1. The topological polar surface area (TPSA) is 97.1 Å². The predicted molar refractivity (Wildman–Crippen MR) is 81.7 cm³/mol. The van der Waals surface area contributed by atoms with Crippen LogP contribution in [0.25, 0.3) is 6.08 Å². The first kappa shape index (κ1) is 14.4. The molecule has 0 radical (unpaired) electrons. The highest BCUT2D eigenvalue weighted by molar-refractivity contribution is 7.99. The molecule has 2 aromatic rings. The molecule has 0 aromatic carbocycles. The van der Waals surface area contributed by atoms with Gasteiger partial charge in [-0.1, -0.05) is 0 Å². The molecule has 0 aliphatic carbocycles. The van der Waals surface area contributed by atoms with E-state index in [2.05, 4.69) is 20.6 Å². The first-order valence-corrected chi connectivity index (χ1v) is 7.27. The summed E-state index contributed by atoms with van der Waals surface area (Å²) in [4.78, 5) is 31.6. The molecule has 22 heavy (non-hydrogen) atoms. The molecule has 2 aromatic heterocycles. The molecule has 0 bridgehead atoms. The molecule has 2 N–H and O–H groups in total. The summed E-state index contributed by atoms with van der Waals surface area (Å²) >= 11 is 5.96. The number of hydrogen-bond acceptors (Lipinski definition) is 7. The average molecular weight is 332 g/mol. The van der Waals surface area contributed by atoms with Crippen molar-refractivity contribution in [3.05, 3.63) is 41.9 Å². The van der Waals surface area contributed by atoms with E-state index < -0.39 is 11.8 Å². The fourth-order valence-electron chi connectivity index (χ4n) is 1.64. The van der Waals surface area contributed by atoms with Crippen LogP contribution in [0.4, 0.5) is 0 Å². The fourth-order valence-corrected chi connectivity index (χ4v) is 2.51. The Morgan fingerprint density at radius 3 is 2.50 bits per heavy atom. The standard InChI is InChI=1S/C13H8N4O3S2/c18-10-8(11(19)17-12(21)16-10)6-7-2-3-9(20-7)22-13-14-4-1-5-15-13/h1-6H,(H2,16,17,18,19,21). The van der Waals surface area contributed by atoms with Crippen molar-refractivity contribution < 1.29 is 14.0 Å². The molecule has 0 saturated carbocycles. The Morgan fingerprint density at radius 2 is 1.82 bits per heavy atom. The van der Waals surface area contributed by atoms with Crippen LogP contribution in [-0.4, -0.2) is 26.9 Å². The maximum atomic E-state index is 11.7. The molecule has 110 valence electrons. The molecule has 1 saturated heterocycles. The Balaban J connectivity index is 1.79. The lowest BCUT2D eigenvalue weighted by Gasteiger charge is -2.15. The van der Waals surface area contributed by atoms with Crippen LogP contribution in [-0.2, 0) is 9.59 Å². The van der Waals surface area contributed by atoms with Gasteiger partial charge in [0.05, 0.1) is 0 Å². The molecule has 9 heteroatoms. The van der Waals surface area contributed by atoms with Crippen molar-refractivity contribution in [2.45, 2.75) is 10.2 Å². The van der Waals surface area contributed by atoms with E-state index in [1.807, 2.05) is 0 Å². The van der Waals surface area contributed by atoms with Crippen molar-refractivity contribution in [2.75, 3.05) is 0 Å². The minimum atomic E-state index is -0.564. The van der Waals surface area contributed by atoms with Gasteiger partial charge in [-0.05, 0) is 48.3 Å². The third kappa shape index (κ3) is 3.21. The van der Waals surface area contributed by atoms with E-state index in [1.165, 1.54) is 17.8 Å². The second-order valence-electron chi connectivity index (χ2n) is 4.09. The number of nitrogens with one attached hydrogen (secondary N) is 2. The second-order valence-corrected chi connectivity index (χ2v) is 5.47. The lowest BCUT2D eigenvalue weighted by Crippen LogP contribution is -2.51. The summed E-state index contributed by atoms with van der Waals surface area (Å²) < 4.78 is 5.53. The van der Waals surface area contributed by atoms with Crippen LogP contribution in [0.5, 0.6) is 0 Å². The number of carbonyl (C=O) groups excluding carboxylic acids is 2. The van der Waals surface area contributed by atoms with Gasteiger partial charge in [0.2, 0.25) is 0 Å². The summed E-state index contributed by atoms with van der Waals surface area (Å²) in [5, 5.41) is 5.78. The summed E-state index contributed by atoms with van der Waals surface area (Å²) in [6.07, 6.45) is 4.60. The van der Waals surface area contributed by atoms with E-state index in [9.17, 15) is 9.59 Å². The highest BCUT2D eigenvalue weighted by Crippen LogP contribution is 2.27. The predicted octanol–water partition coefficient (Wildman–Crippen LogP) is 1.14. The van der Waals surface area contributed by atoms with Crippen LogP contribution >= 0.6 is 24.0 Å². The van der Waals surface area contributed by atoms with Crippen LogP contribution in [0.1, 0.15) is 5.76 Å². The summed E-state index contributed by atoms with van der Waals surface area (Å²) in [5.74, 6) is -0.761. The van der Waals surface area contributed by atoms with Crippen LogP contribution in [0.15, 0.2) is 50.8 Å². The number of aromatic nitrogens is 2. The van der Waals surface area contributed by atoms with Gasteiger partial charge in [0.1, 0.15) is 11.3 Å². The number of carbonyl (C=O) groups is 2. The number of hydrogen-bond donors (Lipinski definition) is 2. The van der Waals surface area contributed by atoms with E-state index in [-0.39, 0.29) is 10.7 Å². The Morgan fingerprint density at radius 1 is 1.14 bits per heavy atom. The first-order chi connectivity index (χ1) is 10.6. The Labute approximate surface area is 134 Å². The fraction of sp³-hybridized carbons (Fsp3) is 0. The molecule has 3 heterocycles. The van der Waals surface area contributed by atoms with E-state index in [1.54, 1.807) is 30.6 Å². The monoisotopic (exact) mass is 332 g/mol. The number of amides is 2. The van der Waals surface area contributed by atoms with E-state index in [4.69, 9.17) is 16.6 Å². The first-order valence-electron chi connectivity index (χ1n) is 6.05. The molecule has 0 atom stereocenters. The maximum Gasteiger partial charge on any atom is 0.263 e. The Bertz CT molecular complexity index is 764. The van der Waals surface area contributed by atoms with Crippen molar-refractivity contribution in [1.82, 2.24) is 20.6 Å². The van der Waals surface area contributed by atoms with Crippen molar-refractivity contribution in [1.29, 1.82) is 0 Å². The molecule has 7 nitrogen and oxygen atoms in total. The largest absolute Gasteiger partial charge is 0.450 e. The lowest BCUT2D eigenvalue weighted by atomic mass is 10.1. The lowest BCUT2D eigenvalue weighted by molar-refractivity contribution is -0.123. The van der Waals surface area contributed by atoms with Gasteiger partial charge >= 0.3 is 0 Å². The molecule has 0 spiro atoms. The third-order valence-electron chi connectivity index (χ3n) is 2.57. The van der Waals surface area contributed by atoms with Crippen LogP contribution in [0.2, 0.25) is 0 Å². The normalized spacial score (nSPS) is 14.5. The zero-order valence-electron chi connectivity index (χ0n) is 10.9. The van der Waals surface area contributed by atoms with Gasteiger partial charge < -0.3 is 4.42 Å². The second kappa shape index (κ2) is 6.08. The molecule has 2 amide bonds. The molecule has 1 aliphatic heterocycles. The number of thiocarbonyl (C=S) groups is 1. The zero-order chi connectivity index (χ0) is 15.5. The zero-order valence-corrected chi connectivity index (χ0v) is 12.5. The number of rotatable bonds is 3. The van der Waals surface area contributed by atoms with Crippen molar-refractivity contribution in [2.24, 2.45) is 0 Å². The average Bonchev–Trinajstić information content (AvgIpc) is 2.91. The summed E-state index contributed by atoms with van der Waals surface area (Å²) in [5.41, 5.74) is -0.0736. The van der Waals surface area contributed by atoms with Crippen LogP contribution < -0.4 is 10.6 Å². The van der Waals surface area contributed by atoms with Crippen LogP contribution in [0, 0.1) is 0 Å². The molecule has 0 unspecified atom stereocenters. The Kier molecular flexibility index (Phi) is 3.98.